The Balaban J connectivity index is 1.51. The normalized spacial score (nSPS) is 17.3. The molecule has 1 fully saturated rings. The van der Waals surface area contributed by atoms with E-state index in [1.54, 1.807) is 0 Å². The molecule has 31 heavy (non-hydrogen) atoms. The molecule has 2 aliphatic heterocycles. The Morgan fingerprint density at radius 1 is 1.16 bits per heavy atom. The van der Waals surface area contributed by atoms with Crippen molar-refractivity contribution in [2.24, 2.45) is 0 Å². The zero-order chi connectivity index (χ0) is 21.8. The van der Waals surface area contributed by atoms with Crippen LogP contribution in [-0.2, 0) is 17.9 Å². The van der Waals surface area contributed by atoms with Crippen molar-refractivity contribution >= 4 is 31.1 Å². The fourth-order valence-corrected chi connectivity index (χ4v) is 4.22. The van der Waals surface area contributed by atoms with Crippen LogP contribution in [0.15, 0.2) is 24.3 Å². The summed E-state index contributed by atoms with van der Waals surface area (Å²) >= 11 is 0. The zero-order valence-corrected chi connectivity index (χ0v) is 18.4. The molecule has 1 amide bonds. The van der Waals surface area contributed by atoms with Crippen molar-refractivity contribution in [2.45, 2.75) is 51.7 Å². The first kappa shape index (κ1) is 21.4. The third-order valence-electron chi connectivity index (χ3n) is 5.80. The van der Waals surface area contributed by atoms with E-state index in [1.807, 2.05) is 12.7 Å². The van der Waals surface area contributed by atoms with E-state index in [2.05, 4.69) is 51.4 Å². The lowest BCUT2D eigenvalue weighted by Crippen LogP contribution is -2.39. The molecule has 0 bridgehead atoms. The maximum atomic E-state index is 12.3. The number of carbonyl (C=O) groups is 1. The minimum absolute atomic E-state index is 0.00256. The highest BCUT2D eigenvalue weighted by Gasteiger charge is 2.27. The van der Waals surface area contributed by atoms with Crippen LogP contribution in [0.25, 0.3) is 0 Å². The summed E-state index contributed by atoms with van der Waals surface area (Å²) in [5.41, 5.74) is 9.02. The van der Waals surface area contributed by atoms with Gasteiger partial charge in [0.1, 0.15) is 5.69 Å². The number of rotatable bonds is 8. The molecule has 164 valence electrons. The van der Waals surface area contributed by atoms with Gasteiger partial charge >= 0.3 is 6.01 Å². The lowest BCUT2D eigenvalue weighted by Gasteiger charge is -2.30. The summed E-state index contributed by atoms with van der Waals surface area (Å²) in [4.78, 5) is 25.5. The van der Waals surface area contributed by atoms with E-state index in [-0.39, 0.29) is 30.3 Å². The zero-order valence-electron chi connectivity index (χ0n) is 18.4. The van der Waals surface area contributed by atoms with Gasteiger partial charge in [0.25, 0.3) is 0 Å². The maximum absolute atomic E-state index is 12.3. The first-order valence-corrected chi connectivity index (χ1v) is 11.2. The smallest absolute Gasteiger partial charge is 0.319 e. The Labute approximate surface area is 184 Å². The fourth-order valence-electron chi connectivity index (χ4n) is 4.22. The number of amides is 1. The Bertz CT molecular complexity index is 917. The molecule has 4 rings (SSSR count). The molecule has 1 aromatic carbocycles. The number of likely N-dealkylation sites (tertiary alicyclic amines) is 1. The Morgan fingerprint density at radius 3 is 2.52 bits per heavy atom. The highest BCUT2D eigenvalue weighted by molar-refractivity contribution is 6.11. The molecule has 8 nitrogen and oxygen atoms in total. The maximum Gasteiger partial charge on any atom is 0.319 e. The molecule has 3 N–H and O–H groups in total. The van der Waals surface area contributed by atoms with Gasteiger partial charge in [-0.05, 0) is 43.5 Å². The van der Waals surface area contributed by atoms with Gasteiger partial charge in [0.2, 0.25) is 5.91 Å². The molecule has 3 heterocycles. The van der Waals surface area contributed by atoms with Crippen LogP contribution in [-0.4, -0.2) is 54.3 Å². The largest absolute Gasteiger partial charge is 0.470 e. The molecule has 0 aliphatic carbocycles. The Hall–Kier alpha value is -2.81. The fraction of sp³-hybridized carbons (Fsp3) is 0.500. The topological polar surface area (TPSA) is 96.6 Å². The number of carbonyl (C=O) groups excluding carboxylic acids is 1. The third-order valence-corrected chi connectivity index (χ3v) is 5.80. The van der Waals surface area contributed by atoms with Gasteiger partial charge in [0.05, 0.1) is 12.5 Å². The van der Waals surface area contributed by atoms with E-state index >= 15 is 0 Å². The highest BCUT2D eigenvalue weighted by Crippen LogP contribution is 2.34. The molecular weight excluding hydrogens is 391 g/mol. The predicted octanol–water partition coefficient (Wildman–Crippen LogP) is 1.75. The minimum atomic E-state index is -0.124. The van der Waals surface area contributed by atoms with E-state index in [4.69, 9.17) is 10.5 Å². The number of fused-ring (bicyclic) bond motifs is 1. The first-order chi connectivity index (χ1) is 15.0. The summed E-state index contributed by atoms with van der Waals surface area (Å²) in [6, 6.07) is 8.85. The van der Waals surface area contributed by atoms with Crippen molar-refractivity contribution in [3.63, 3.8) is 0 Å². The molecule has 0 unspecified atom stereocenters. The lowest BCUT2D eigenvalue weighted by molar-refractivity contribution is -0.115. The summed E-state index contributed by atoms with van der Waals surface area (Å²) < 4.78 is 5.86. The number of benzene rings is 1. The second-order valence-electron chi connectivity index (χ2n) is 8.51. The molecule has 1 saturated heterocycles. The van der Waals surface area contributed by atoms with Gasteiger partial charge in [-0.25, -0.2) is 0 Å². The van der Waals surface area contributed by atoms with Crippen LogP contribution in [0.5, 0.6) is 6.01 Å². The summed E-state index contributed by atoms with van der Waals surface area (Å²) in [6.45, 7) is 6.24. The summed E-state index contributed by atoms with van der Waals surface area (Å²) in [5, 5.41) is 2.81. The standard InChI is InChI=1S/C22H31BN6O2/c1-2-5-17(23)31-22-26-20(24)19-21(27-22)29(14-18(30)25-19)13-16-8-6-15(7-9-16)12-28-10-3-4-11-28/h6-9,17H,2-5,10-14,23H2,1H3,(H,25,30)(H2,24,26,27)/t17-/m1/s1. The SMILES string of the molecule is B[C@@H](CCC)Oc1nc(N)c2c(n1)N(Cc1ccc(CN3CCCC3)cc1)CC(=O)N2. The molecule has 2 aliphatic rings. The number of anilines is 3. The number of ether oxygens (including phenoxy) is 1. The van der Waals surface area contributed by atoms with Crippen molar-refractivity contribution in [3.05, 3.63) is 35.4 Å². The van der Waals surface area contributed by atoms with Crippen molar-refractivity contribution in [1.82, 2.24) is 14.9 Å². The number of nitrogen functional groups attached to an aromatic ring is 1. The average Bonchev–Trinajstić information content (AvgIpc) is 3.23. The Kier molecular flexibility index (Phi) is 6.60. The summed E-state index contributed by atoms with van der Waals surface area (Å²) in [5.74, 6) is 0.705. The van der Waals surface area contributed by atoms with Crippen molar-refractivity contribution in [1.29, 1.82) is 0 Å². The quantitative estimate of drug-likeness (QED) is 0.626. The van der Waals surface area contributed by atoms with Crippen LogP contribution >= 0.6 is 0 Å². The monoisotopic (exact) mass is 422 g/mol. The number of nitrogens with one attached hydrogen (secondary N) is 1. The molecule has 0 radical (unpaired) electrons. The summed E-state index contributed by atoms with van der Waals surface area (Å²) in [7, 11) is 1.99. The molecule has 1 atom stereocenters. The molecular formula is C22H31BN6O2. The van der Waals surface area contributed by atoms with E-state index in [1.165, 1.54) is 31.5 Å². The van der Waals surface area contributed by atoms with Crippen LogP contribution in [0.1, 0.15) is 43.7 Å². The van der Waals surface area contributed by atoms with E-state index in [9.17, 15) is 4.79 Å². The predicted molar refractivity (Wildman–Crippen MR) is 125 cm³/mol. The average molecular weight is 422 g/mol. The van der Waals surface area contributed by atoms with E-state index in [0.717, 1.165) is 24.9 Å². The van der Waals surface area contributed by atoms with Gasteiger partial charge in [0, 0.05) is 13.1 Å². The highest BCUT2D eigenvalue weighted by atomic mass is 16.5. The molecule has 9 heteroatoms. The number of nitrogens with two attached hydrogens (primary N) is 1. The van der Waals surface area contributed by atoms with E-state index in [0.29, 0.717) is 18.1 Å². The number of hydrogen-bond acceptors (Lipinski definition) is 7. The van der Waals surface area contributed by atoms with Crippen LogP contribution in [0.4, 0.5) is 17.3 Å². The molecule has 0 saturated carbocycles. The van der Waals surface area contributed by atoms with Gasteiger partial charge in [-0.15, -0.1) is 0 Å². The second-order valence-corrected chi connectivity index (χ2v) is 8.51. The van der Waals surface area contributed by atoms with Crippen molar-refractivity contribution in [2.75, 3.05) is 35.6 Å². The van der Waals surface area contributed by atoms with Gasteiger partial charge < -0.3 is 20.7 Å². The van der Waals surface area contributed by atoms with Crippen LogP contribution in [0, 0.1) is 0 Å². The molecule has 0 spiro atoms. The molecule has 1 aromatic heterocycles. The number of hydrogen-bond donors (Lipinski definition) is 2. The number of nitrogens with zero attached hydrogens (tertiary/aromatic N) is 4. The second kappa shape index (κ2) is 9.55. The van der Waals surface area contributed by atoms with Crippen LogP contribution in [0.3, 0.4) is 0 Å². The van der Waals surface area contributed by atoms with Gasteiger partial charge in [-0.1, -0.05) is 37.6 Å². The first-order valence-electron chi connectivity index (χ1n) is 11.2. The van der Waals surface area contributed by atoms with Gasteiger partial charge in [-0.3, -0.25) is 9.69 Å². The van der Waals surface area contributed by atoms with E-state index < -0.39 is 0 Å². The lowest BCUT2D eigenvalue weighted by atomic mass is 9.96. The van der Waals surface area contributed by atoms with Crippen LogP contribution in [0.2, 0.25) is 0 Å². The Morgan fingerprint density at radius 2 is 1.84 bits per heavy atom. The van der Waals surface area contributed by atoms with Gasteiger partial charge in [-0.2, -0.15) is 9.97 Å². The summed E-state index contributed by atoms with van der Waals surface area (Å²) in [6.07, 6.45) is 4.51. The third kappa shape index (κ3) is 5.28. The van der Waals surface area contributed by atoms with Crippen molar-refractivity contribution < 1.29 is 9.53 Å². The minimum Gasteiger partial charge on any atom is -0.470 e. The molecule has 2 aromatic rings. The number of aromatic nitrogens is 2. The van der Waals surface area contributed by atoms with Gasteiger partial charge in [0.15, 0.2) is 19.5 Å². The van der Waals surface area contributed by atoms with Crippen LogP contribution < -0.4 is 20.7 Å². The van der Waals surface area contributed by atoms with Crippen molar-refractivity contribution in [3.8, 4) is 6.01 Å².